The van der Waals surface area contributed by atoms with Crippen molar-refractivity contribution in [2.45, 2.75) is 26.7 Å². The van der Waals surface area contributed by atoms with Gasteiger partial charge < -0.3 is 14.9 Å². The van der Waals surface area contributed by atoms with E-state index in [1.54, 1.807) is 18.9 Å². The first-order valence-electron chi connectivity index (χ1n) is 8.63. The van der Waals surface area contributed by atoms with Gasteiger partial charge in [0.2, 0.25) is 5.91 Å². The molecule has 6 heteroatoms. The van der Waals surface area contributed by atoms with Crippen molar-refractivity contribution < 1.29 is 19.5 Å². The van der Waals surface area contributed by atoms with Gasteiger partial charge in [-0.3, -0.25) is 14.4 Å². The van der Waals surface area contributed by atoms with Crippen LogP contribution in [0.5, 0.6) is 0 Å². The molecule has 2 unspecified atom stereocenters. The van der Waals surface area contributed by atoms with Crippen LogP contribution in [0.3, 0.4) is 0 Å². The molecule has 6 nitrogen and oxygen atoms in total. The second kappa shape index (κ2) is 8.14. The number of piperidine rings is 1. The monoisotopic (exact) mass is 346 g/mol. The van der Waals surface area contributed by atoms with E-state index in [1.807, 2.05) is 31.2 Å². The maximum absolute atomic E-state index is 12.6. The molecule has 1 aliphatic rings. The topological polar surface area (TPSA) is 77.9 Å². The number of hydrogen-bond acceptors (Lipinski definition) is 3. The van der Waals surface area contributed by atoms with Crippen LogP contribution < -0.4 is 0 Å². The summed E-state index contributed by atoms with van der Waals surface area (Å²) in [5.74, 6) is -1.94. The number of carboxylic acids is 1. The Bertz CT molecular complexity index is 641. The Morgan fingerprint density at radius 3 is 2.52 bits per heavy atom. The van der Waals surface area contributed by atoms with Crippen molar-refractivity contribution in [2.24, 2.45) is 11.8 Å². The number of carbonyl (C=O) groups is 3. The highest BCUT2D eigenvalue weighted by Crippen LogP contribution is 2.21. The SMILES string of the molecule is Cc1ccc(C(=O)N2CCCC(C(=O)N(C)CC(C)C(=O)O)C2)cc1. The molecule has 1 aliphatic heterocycles. The number of hydrogen-bond donors (Lipinski definition) is 1. The molecule has 0 aliphatic carbocycles. The summed E-state index contributed by atoms with van der Waals surface area (Å²) in [6.07, 6.45) is 1.50. The molecule has 0 radical (unpaired) electrons. The van der Waals surface area contributed by atoms with Gasteiger partial charge in [-0.2, -0.15) is 0 Å². The van der Waals surface area contributed by atoms with Crippen LogP contribution in [0.4, 0.5) is 0 Å². The van der Waals surface area contributed by atoms with Crippen molar-refractivity contribution in [2.75, 3.05) is 26.7 Å². The predicted octanol–water partition coefficient (Wildman–Crippen LogP) is 2.03. The molecule has 25 heavy (non-hydrogen) atoms. The Labute approximate surface area is 148 Å². The number of amides is 2. The van der Waals surface area contributed by atoms with Gasteiger partial charge in [-0.1, -0.05) is 24.6 Å². The Hall–Kier alpha value is -2.37. The summed E-state index contributed by atoms with van der Waals surface area (Å²) in [6.45, 7) is 4.76. The van der Waals surface area contributed by atoms with Gasteiger partial charge in [-0.25, -0.2) is 0 Å². The van der Waals surface area contributed by atoms with E-state index in [1.165, 1.54) is 4.90 Å². The Balaban J connectivity index is 1.99. The number of aliphatic carboxylic acids is 1. The molecule has 1 N–H and O–H groups in total. The molecule has 136 valence electrons. The van der Waals surface area contributed by atoms with E-state index >= 15 is 0 Å². The van der Waals surface area contributed by atoms with Crippen LogP contribution >= 0.6 is 0 Å². The zero-order valence-corrected chi connectivity index (χ0v) is 15.1. The van der Waals surface area contributed by atoms with Crippen LogP contribution in [0, 0.1) is 18.8 Å². The second-order valence-electron chi connectivity index (χ2n) is 6.91. The average molecular weight is 346 g/mol. The Morgan fingerprint density at radius 2 is 1.92 bits per heavy atom. The predicted molar refractivity (Wildman–Crippen MR) is 94.2 cm³/mol. The smallest absolute Gasteiger partial charge is 0.308 e. The number of rotatable bonds is 5. The fraction of sp³-hybridized carbons (Fsp3) is 0.526. The first-order valence-corrected chi connectivity index (χ1v) is 8.63. The van der Waals surface area contributed by atoms with Gasteiger partial charge in [0.25, 0.3) is 5.91 Å². The van der Waals surface area contributed by atoms with Crippen LogP contribution in [-0.2, 0) is 9.59 Å². The summed E-state index contributed by atoms with van der Waals surface area (Å²) in [5.41, 5.74) is 1.73. The van der Waals surface area contributed by atoms with Crippen LogP contribution in [0.2, 0.25) is 0 Å². The largest absolute Gasteiger partial charge is 0.481 e. The molecule has 1 saturated heterocycles. The molecule has 0 saturated carbocycles. The maximum Gasteiger partial charge on any atom is 0.308 e. The van der Waals surface area contributed by atoms with E-state index in [0.29, 0.717) is 18.7 Å². The number of aryl methyl sites for hydroxylation is 1. The lowest BCUT2D eigenvalue weighted by Gasteiger charge is -2.34. The second-order valence-corrected chi connectivity index (χ2v) is 6.91. The van der Waals surface area contributed by atoms with E-state index in [2.05, 4.69) is 0 Å². The van der Waals surface area contributed by atoms with Gasteiger partial charge in [-0.15, -0.1) is 0 Å². The fourth-order valence-electron chi connectivity index (χ4n) is 3.13. The standard InChI is InChI=1S/C19H26N2O4/c1-13-6-8-15(9-7-13)18(23)21-10-4-5-16(12-21)17(22)20(3)11-14(2)19(24)25/h6-9,14,16H,4-5,10-12H2,1-3H3,(H,24,25). The lowest BCUT2D eigenvalue weighted by molar-refractivity contribution is -0.143. The molecule has 2 rings (SSSR count). The van der Waals surface area contributed by atoms with Crippen molar-refractivity contribution in [1.82, 2.24) is 9.80 Å². The molecular weight excluding hydrogens is 320 g/mol. The first-order chi connectivity index (χ1) is 11.8. The maximum atomic E-state index is 12.6. The van der Waals surface area contributed by atoms with E-state index in [4.69, 9.17) is 5.11 Å². The Morgan fingerprint density at radius 1 is 1.28 bits per heavy atom. The minimum absolute atomic E-state index is 0.0564. The average Bonchev–Trinajstić information content (AvgIpc) is 2.61. The zero-order valence-electron chi connectivity index (χ0n) is 15.1. The van der Waals surface area contributed by atoms with Crippen LogP contribution in [-0.4, -0.2) is 59.4 Å². The normalized spacial score (nSPS) is 18.5. The number of nitrogens with zero attached hydrogens (tertiary/aromatic N) is 2. The summed E-state index contributed by atoms with van der Waals surface area (Å²) in [4.78, 5) is 39.4. The van der Waals surface area contributed by atoms with Crippen LogP contribution in [0.1, 0.15) is 35.7 Å². The third kappa shape index (κ3) is 4.81. The molecular formula is C19H26N2O4. The van der Waals surface area contributed by atoms with Gasteiger partial charge in [0.05, 0.1) is 11.8 Å². The molecule has 1 heterocycles. The van der Waals surface area contributed by atoms with Crippen molar-refractivity contribution in [3.05, 3.63) is 35.4 Å². The molecule has 1 aromatic carbocycles. The molecule has 0 bridgehead atoms. The highest BCUT2D eigenvalue weighted by atomic mass is 16.4. The Kier molecular flexibility index (Phi) is 6.17. The number of benzene rings is 1. The first kappa shape index (κ1) is 19.0. The number of carbonyl (C=O) groups excluding carboxylic acids is 2. The highest BCUT2D eigenvalue weighted by Gasteiger charge is 2.31. The molecule has 0 spiro atoms. The van der Waals surface area contributed by atoms with Gasteiger partial charge in [0.1, 0.15) is 0 Å². The van der Waals surface area contributed by atoms with Crippen molar-refractivity contribution >= 4 is 17.8 Å². The quantitative estimate of drug-likeness (QED) is 0.885. The van der Waals surface area contributed by atoms with Gasteiger partial charge in [0, 0.05) is 32.2 Å². The van der Waals surface area contributed by atoms with Crippen molar-refractivity contribution in [3.8, 4) is 0 Å². The summed E-state index contributed by atoms with van der Waals surface area (Å²) in [7, 11) is 1.63. The van der Waals surface area contributed by atoms with Gasteiger partial charge in [-0.05, 0) is 31.9 Å². The number of carboxylic acid groups (broad SMARTS) is 1. The lowest BCUT2D eigenvalue weighted by atomic mass is 9.95. The molecule has 0 aromatic heterocycles. The van der Waals surface area contributed by atoms with Gasteiger partial charge >= 0.3 is 5.97 Å². The molecule has 2 atom stereocenters. The third-order valence-electron chi connectivity index (χ3n) is 4.70. The minimum atomic E-state index is -0.917. The minimum Gasteiger partial charge on any atom is -0.481 e. The lowest BCUT2D eigenvalue weighted by Crippen LogP contribution is -2.47. The number of likely N-dealkylation sites (tertiary alicyclic amines) is 1. The van der Waals surface area contributed by atoms with Crippen molar-refractivity contribution in [1.29, 1.82) is 0 Å². The van der Waals surface area contributed by atoms with Gasteiger partial charge in [0.15, 0.2) is 0 Å². The van der Waals surface area contributed by atoms with Crippen molar-refractivity contribution in [3.63, 3.8) is 0 Å². The summed E-state index contributed by atoms with van der Waals surface area (Å²) >= 11 is 0. The van der Waals surface area contributed by atoms with E-state index < -0.39 is 11.9 Å². The molecule has 1 aromatic rings. The van der Waals surface area contributed by atoms with E-state index in [0.717, 1.165) is 18.4 Å². The molecule has 2 amide bonds. The summed E-state index contributed by atoms with van der Waals surface area (Å²) in [5, 5.41) is 8.99. The van der Waals surface area contributed by atoms with Crippen LogP contribution in [0.25, 0.3) is 0 Å². The fourth-order valence-corrected chi connectivity index (χ4v) is 3.13. The van der Waals surface area contributed by atoms with Crippen LogP contribution in [0.15, 0.2) is 24.3 Å². The highest BCUT2D eigenvalue weighted by molar-refractivity contribution is 5.94. The summed E-state index contributed by atoms with van der Waals surface area (Å²) < 4.78 is 0. The third-order valence-corrected chi connectivity index (χ3v) is 4.70. The molecule has 1 fully saturated rings. The summed E-state index contributed by atoms with van der Waals surface area (Å²) in [6, 6.07) is 7.43. The van der Waals surface area contributed by atoms with E-state index in [9.17, 15) is 14.4 Å². The zero-order chi connectivity index (χ0) is 18.6. The van der Waals surface area contributed by atoms with E-state index in [-0.39, 0.29) is 24.3 Å².